The fourth-order valence-electron chi connectivity index (χ4n) is 5.09. The van der Waals surface area contributed by atoms with Crippen LogP contribution in [-0.2, 0) is 0 Å². The number of hydrogen-bond acceptors (Lipinski definition) is 4. The van der Waals surface area contributed by atoms with Crippen LogP contribution in [0, 0.1) is 25.2 Å². The highest BCUT2D eigenvalue weighted by atomic mass is 16.3. The SMILES string of the molecule is Cc1cc(C(=O)CN2[C@@H]3CCC[C@H]2C[C@H](O)C3)c(C)n1-c1ccc(C#N)cc1. The Kier molecular flexibility index (Phi) is 5.09. The third-order valence-electron chi connectivity index (χ3n) is 6.41. The molecule has 1 aromatic heterocycles. The average molecular weight is 377 g/mol. The number of nitriles is 1. The van der Waals surface area contributed by atoms with E-state index in [1.165, 1.54) is 6.42 Å². The van der Waals surface area contributed by atoms with Crippen LogP contribution in [0.5, 0.6) is 0 Å². The first-order chi connectivity index (χ1) is 13.5. The van der Waals surface area contributed by atoms with E-state index in [0.29, 0.717) is 24.2 Å². The van der Waals surface area contributed by atoms with Crippen molar-refractivity contribution in [3.05, 3.63) is 52.8 Å². The molecule has 0 amide bonds. The summed E-state index contributed by atoms with van der Waals surface area (Å²) in [6.07, 6.45) is 4.70. The van der Waals surface area contributed by atoms with Crippen LogP contribution < -0.4 is 0 Å². The number of nitrogens with zero attached hydrogens (tertiary/aromatic N) is 3. The number of benzene rings is 1. The first kappa shape index (κ1) is 18.9. The summed E-state index contributed by atoms with van der Waals surface area (Å²) in [5.74, 6) is 0.154. The van der Waals surface area contributed by atoms with Crippen LogP contribution in [-0.4, -0.2) is 45.1 Å². The molecule has 1 aromatic carbocycles. The Morgan fingerprint density at radius 3 is 2.43 bits per heavy atom. The maximum atomic E-state index is 13.2. The van der Waals surface area contributed by atoms with Gasteiger partial charge in [-0.2, -0.15) is 5.26 Å². The van der Waals surface area contributed by atoms with E-state index < -0.39 is 0 Å². The zero-order valence-electron chi connectivity index (χ0n) is 16.6. The van der Waals surface area contributed by atoms with E-state index in [0.717, 1.165) is 48.3 Å². The van der Waals surface area contributed by atoms with Crippen molar-refractivity contribution in [2.75, 3.05) is 6.54 Å². The maximum absolute atomic E-state index is 13.2. The fourth-order valence-corrected chi connectivity index (χ4v) is 5.09. The van der Waals surface area contributed by atoms with Crippen molar-refractivity contribution < 1.29 is 9.90 Å². The van der Waals surface area contributed by atoms with Crippen LogP contribution in [0.4, 0.5) is 0 Å². The first-order valence-corrected chi connectivity index (χ1v) is 10.1. The van der Waals surface area contributed by atoms with Gasteiger partial charge in [-0.1, -0.05) is 6.42 Å². The van der Waals surface area contributed by atoms with Crippen LogP contribution in [0.2, 0.25) is 0 Å². The molecule has 4 rings (SSSR count). The van der Waals surface area contributed by atoms with Gasteiger partial charge in [-0.3, -0.25) is 9.69 Å². The second kappa shape index (κ2) is 7.54. The minimum absolute atomic E-state index is 0.154. The Morgan fingerprint density at radius 1 is 1.18 bits per heavy atom. The second-order valence-electron chi connectivity index (χ2n) is 8.24. The van der Waals surface area contributed by atoms with E-state index >= 15 is 0 Å². The average Bonchev–Trinajstić information content (AvgIpc) is 2.97. The van der Waals surface area contributed by atoms with E-state index in [1.54, 1.807) is 12.1 Å². The monoisotopic (exact) mass is 377 g/mol. The number of Topliss-reactive ketones (excluding diaryl/α,β-unsaturated/α-hetero) is 1. The van der Waals surface area contributed by atoms with Gasteiger partial charge < -0.3 is 9.67 Å². The van der Waals surface area contributed by atoms with Gasteiger partial charge in [0, 0.05) is 34.7 Å². The molecule has 0 spiro atoms. The summed E-state index contributed by atoms with van der Waals surface area (Å²) < 4.78 is 2.08. The number of hydrogen-bond donors (Lipinski definition) is 1. The highest BCUT2D eigenvalue weighted by Crippen LogP contribution is 2.34. The standard InChI is InChI=1S/C23H27N3O2/c1-15-10-22(16(2)26(15)18-8-6-17(13-24)7-9-18)23(28)14-25-19-4-3-5-20(25)12-21(27)11-19/h6-10,19-21,27H,3-5,11-12,14H2,1-2H3/t19-,20+,21-. The van der Waals surface area contributed by atoms with Crippen LogP contribution in [0.25, 0.3) is 5.69 Å². The molecule has 0 radical (unpaired) electrons. The third-order valence-corrected chi connectivity index (χ3v) is 6.41. The Hall–Kier alpha value is -2.42. The molecule has 5 heteroatoms. The highest BCUT2D eigenvalue weighted by molar-refractivity contribution is 5.99. The van der Waals surface area contributed by atoms with Crippen LogP contribution in [0.3, 0.4) is 0 Å². The number of aliphatic hydroxyl groups is 1. The number of rotatable bonds is 4. The molecule has 0 aliphatic carbocycles. The number of aryl methyl sites for hydroxylation is 1. The molecule has 146 valence electrons. The molecule has 3 atom stereocenters. The smallest absolute Gasteiger partial charge is 0.178 e. The van der Waals surface area contributed by atoms with Crippen molar-refractivity contribution in [1.29, 1.82) is 5.26 Å². The van der Waals surface area contributed by atoms with Crippen molar-refractivity contribution in [2.45, 2.75) is 64.1 Å². The Bertz CT molecular complexity index is 909. The van der Waals surface area contributed by atoms with Crippen molar-refractivity contribution in [3.63, 3.8) is 0 Å². The summed E-state index contributed by atoms with van der Waals surface area (Å²) in [6, 6.07) is 12.2. The van der Waals surface area contributed by atoms with Crippen molar-refractivity contribution in [3.8, 4) is 11.8 Å². The van der Waals surface area contributed by atoms with Gasteiger partial charge in [0.1, 0.15) is 0 Å². The second-order valence-corrected chi connectivity index (χ2v) is 8.24. The first-order valence-electron chi connectivity index (χ1n) is 10.1. The topological polar surface area (TPSA) is 69.3 Å². The number of piperidine rings is 2. The number of aromatic nitrogens is 1. The van der Waals surface area contributed by atoms with E-state index in [1.807, 2.05) is 32.0 Å². The van der Waals surface area contributed by atoms with Crippen molar-refractivity contribution in [1.82, 2.24) is 9.47 Å². The van der Waals surface area contributed by atoms with Gasteiger partial charge in [-0.05, 0) is 69.9 Å². The van der Waals surface area contributed by atoms with Gasteiger partial charge in [0.2, 0.25) is 0 Å². The minimum Gasteiger partial charge on any atom is -0.393 e. The molecule has 2 bridgehead atoms. The number of carbonyl (C=O) groups excluding carboxylic acids is 1. The molecular weight excluding hydrogens is 350 g/mol. The number of fused-ring (bicyclic) bond motifs is 2. The molecule has 1 N–H and O–H groups in total. The summed E-state index contributed by atoms with van der Waals surface area (Å²) in [7, 11) is 0. The van der Waals surface area contributed by atoms with Crippen LogP contribution >= 0.6 is 0 Å². The largest absolute Gasteiger partial charge is 0.393 e. The molecule has 0 saturated carbocycles. The molecule has 2 aliphatic rings. The Balaban J connectivity index is 1.58. The minimum atomic E-state index is -0.219. The molecule has 0 unspecified atom stereocenters. The molecular formula is C23H27N3O2. The third kappa shape index (κ3) is 3.39. The Labute approximate surface area is 166 Å². The summed E-state index contributed by atoms with van der Waals surface area (Å²) in [5, 5.41) is 19.1. The molecule has 2 fully saturated rings. The lowest BCUT2D eigenvalue weighted by Crippen LogP contribution is -2.54. The quantitative estimate of drug-likeness (QED) is 0.828. The fraction of sp³-hybridized carbons (Fsp3) is 0.478. The summed E-state index contributed by atoms with van der Waals surface area (Å²) >= 11 is 0. The Morgan fingerprint density at radius 2 is 1.82 bits per heavy atom. The molecule has 3 heterocycles. The van der Waals surface area contributed by atoms with Gasteiger partial charge in [0.05, 0.1) is 24.3 Å². The lowest BCUT2D eigenvalue weighted by molar-refractivity contribution is -0.0225. The molecule has 2 aliphatic heterocycles. The van der Waals surface area contributed by atoms with Gasteiger partial charge in [0.25, 0.3) is 0 Å². The normalized spacial score (nSPS) is 24.7. The van der Waals surface area contributed by atoms with Gasteiger partial charge in [-0.15, -0.1) is 0 Å². The van der Waals surface area contributed by atoms with Crippen LogP contribution in [0.15, 0.2) is 30.3 Å². The zero-order chi connectivity index (χ0) is 19.8. The van der Waals surface area contributed by atoms with Gasteiger partial charge >= 0.3 is 0 Å². The number of ketones is 1. The van der Waals surface area contributed by atoms with E-state index in [-0.39, 0.29) is 11.9 Å². The zero-order valence-corrected chi connectivity index (χ0v) is 16.6. The molecule has 2 aromatic rings. The van der Waals surface area contributed by atoms with Gasteiger partial charge in [-0.25, -0.2) is 0 Å². The van der Waals surface area contributed by atoms with Crippen LogP contribution in [0.1, 0.15) is 59.4 Å². The predicted molar refractivity (Wildman–Crippen MR) is 108 cm³/mol. The molecule has 2 saturated heterocycles. The van der Waals surface area contributed by atoms with E-state index in [2.05, 4.69) is 15.5 Å². The summed E-state index contributed by atoms with van der Waals surface area (Å²) in [4.78, 5) is 15.5. The van der Waals surface area contributed by atoms with Gasteiger partial charge in [0.15, 0.2) is 5.78 Å². The lowest BCUT2D eigenvalue weighted by atomic mass is 9.82. The molecule has 28 heavy (non-hydrogen) atoms. The molecule has 5 nitrogen and oxygen atoms in total. The number of aliphatic hydroxyl groups excluding tert-OH is 1. The van der Waals surface area contributed by atoms with E-state index in [4.69, 9.17) is 5.26 Å². The maximum Gasteiger partial charge on any atom is 0.178 e. The lowest BCUT2D eigenvalue weighted by Gasteiger charge is -2.47. The highest BCUT2D eigenvalue weighted by Gasteiger charge is 2.38. The van der Waals surface area contributed by atoms with Crippen molar-refractivity contribution >= 4 is 5.78 Å². The van der Waals surface area contributed by atoms with Crippen molar-refractivity contribution in [2.24, 2.45) is 0 Å². The predicted octanol–water partition coefficient (Wildman–Crippen LogP) is 3.53. The van der Waals surface area contributed by atoms with E-state index in [9.17, 15) is 9.90 Å². The number of carbonyl (C=O) groups is 1. The summed E-state index contributed by atoms with van der Waals surface area (Å²) in [5.41, 5.74) is 4.31. The summed E-state index contributed by atoms with van der Waals surface area (Å²) in [6.45, 7) is 4.42.